The van der Waals surface area contributed by atoms with Crippen molar-refractivity contribution in [2.75, 3.05) is 13.1 Å². The van der Waals surface area contributed by atoms with Gasteiger partial charge in [0.15, 0.2) is 0 Å². The van der Waals surface area contributed by atoms with Crippen LogP contribution in [0.1, 0.15) is 28.9 Å². The molecule has 0 spiro atoms. The van der Waals surface area contributed by atoms with E-state index < -0.39 is 5.97 Å². The van der Waals surface area contributed by atoms with E-state index >= 15 is 0 Å². The maximum Gasteiger partial charge on any atom is 0.353 e. The number of carbonyl (C=O) groups is 1. The molecular weight excluding hydrogens is 254 g/mol. The van der Waals surface area contributed by atoms with Crippen molar-refractivity contribution < 1.29 is 9.90 Å². The lowest BCUT2D eigenvalue weighted by Gasteiger charge is -2.14. The summed E-state index contributed by atoms with van der Waals surface area (Å²) in [6.45, 7) is 3.27. The zero-order chi connectivity index (χ0) is 13.9. The highest BCUT2D eigenvalue weighted by atomic mass is 16.4. The van der Waals surface area contributed by atoms with Crippen molar-refractivity contribution in [1.82, 2.24) is 15.1 Å². The van der Waals surface area contributed by atoms with Gasteiger partial charge in [0.1, 0.15) is 5.69 Å². The average Bonchev–Trinajstić information content (AvgIpc) is 3.09. The molecule has 2 heterocycles. The van der Waals surface area contributed by atoms with Gasteiger partial charge in [-0.3, -0.25) is 10.00 Å². The highest BCUT2D eigenvalue weighted by molar-refractivity contribution is 5.86. The number of hydrogen-bond donors (Lipinski definition) is 2. The second-order valence-electron chi connectivity index (χ2n) is 5.16. The zero-order valence-corrected chi connectivity index (χ0v) is 11.2. The minimum absolute atomic E-state index is 0.116. The number of hydrogen-bond acceptors (Lipinski definition) is 3. The molecule has 1 saturated heterocycles. The van der Waals surface area contributed by atoms with Gasteiger partial charge in [0.05, 0.1) is 5.69 Å². The fourth-order valence-electron chi connectivity index (χ4n) is 2.61. The van der Waals surface area contributed by atoms with Gasteiger partial charge in [0.2, 0.25) is 0 Å². The van der Waals surface area contributed by atoms with E-state index in [0.29, 0.717) is 5.69 Å². The maximum absolute atomic E-state index is 10.9. The molecule has 1 aromatic heterocycles. The van der Waals surface area contributed by atoms with Crippen LogP contribution < -0.4 is 0 Å². The first-order chi connectivity index (χ1) is 9.72. The minimum atomic E-state index is -0.989. The van der Waals surface area contributed by atoms with Crippen molar-refractivity contribution in [3.63, 3.8) is 0 Å². The van der Waals surface area contributed by atoms with Crippen LogP contribution in [0.5, 0.6) is 0 Å². The summed E-state index contributed by atoms with van der Waals surface area (Å²) in [6.07, 6.45) is 2.56. The molecule has 2 N–H and O–H groups in total. The van der Waals surface area contributed by atoms with Crippen molar-refractivity contribution in [2.24, 2.45) is 0 Å². The quantitative estimate of drug-likeness (QED) is 0.895. The molecule has 0 saturated carbocycles. The van der Waals surface area contributed by atoms with Crippen molar-refractivity contribution in [1.29, 1.82) is 0 Å². The summed E-state index contributed by atoms with van der Waals surface area (Å²) in [6, 6.07) is 9.70. The molecule has 5 nitrogen and oxygen atoms in total. The van der Waals surface area contributed by atoms with Gasteiger partial charge in [0, 0.05) is 12.1 Å². The predicted octanol–water partition coefficient (Wildman–Crippen LogP) is 2.37. The molecule has 1 fully saturated rings. The molecule has 104 valence electrons. The highest BCUT2D eigenvalue weighted by Crippen LogP contribution is 2.21. The molecule has 1 aliphatic rings. The topological polar surface area (TPSA) is 69.2 Å². The molecule has 0 aliphatic carbocycles. The van der Waals surface area contributed by atoms with Gasteiger partial charge < -0.3 is 5.11 Å². The first-order valence-corrected chi connectivity index (χ1v) is 6.83. The van der Waals surface area contributed by atoms with E-state index in [1.165, 1.54) is 18.4 Å². The molecule has 2 aromatic rings. The largest absolute Gasteiger partial charge is 0.477 e. The monoisotopic (exact) mass is 271 g/mol. The summed E-state index contributed by atoms with van der Waals surface area (Å²) in [4.78, 5) is 13.3. The number of carboxylic acids is 1. The Bertz CT molecular complexity index is 615. The van der Waals surface area contributed by atoms with Crippen LogP contribution in [-0.4, -0.2) is 39.3 Å². The number of aromatic nitrogens is 2. The lowest BCUT2D eigenvalue weighted by atomic mass is 10.1. The SMILES string of the molecule is O=C(O)c1cc(-c2cccc(CN3CCCC3)c2)n[nH]1. The van der Waals surface area contributed by atoms with Gasteiger partial charge in [-0.05, 0) is 43.6 Å². The Morgan fingerprint density at radius 2 is 2.10 bits per heavy atom. The predicted molar refractivity (Wildman–Crippen MR) is 75.5 cm³/mol. The number of likely N-dealkylation sites (tertiary alicyclic amines) is 1. The second-order valence-corrected chi connectivity index (χ2v) is 5.16. The normalized spacial score (nSPS) is 15.6. The number of benzene rings is 1. The number of nitrogens with one attached hydrogen (secondary N) is 1. The van der Waals surface area contributed by atoms with Crippen LogP contribution in [0.4, 0.5) is 0 Å². The van der Waals surface area contributed by atoms with E-state index in [2.05, 4.69) is 27.2 Å². The molecule has 5 heteroatoms. The minimum Gasteiger partial charge on any atom is -0.477 e. The molecule has 0 unspecified atom stereocenters. The van der Waals surface area contributed by atoms with Gasteiger partial charge in [0.25, 0.3) is 0 Å². The Balaban J connectivity index is 1.80. The molecule has 1 aliphatic heterocycles. The van der Waals surface area contributed by atoms with Crippen LogP contribution in [0, 0.1) is 0 Å². The second kappa shape index (κ2) is 5.46. The van der Waals surface area contributed by atoms with Gasteiger partial charge in [-0.25, -0.2) is 4.79 Å². The Kier molecular flexibility index (Phi) is 3.52. The number of H-pyrrole nitrogens is 1. The van der Waals surface area contributed by atoms with Crippen LogP contribution in [-0.2, 0) is 6.54 Å². The van der Waals surface area contributed by atoms with Crippen molar-refractivity contribution in [2.45, 2.75) is 19.4 Å². The Morgan fingerprint density at radius 1 is 1.30 bits per heavy atom. The Hall–Kier alpha value is -2.14. The summed E-state index contributed by atoms with van der Waals surface area (Å²) in [5, 5.41) is 15.5. The lowest BCUT2D eigenvalue weighted by Crippen LogP contribution is -2.18. The third-order valence-electron chi connectivity index (χ3n) is 3.64. The molecule has 0 radical (unpaired) electrons. The number of nitrogens with zero attached hydrogens (tertiary/aromatic N) is 2. The van der Waals surface area contributed by atoms with Crippen LogP contribution in [0.3, 0.4) is 0 Å². The first-order valence-electron chi connectivity index (χ1n) is 6.83. The third kappa shape index (κ3) is 2.72. The lowest BCUT2D eigenvalue weighted by molar-refractivity contribution is 0.0690. The molecular formula is C15H17N3O2. The van der Waals surface area contributed by atoms with E-state index in [0.717, 1.165) is 25.2 Å². The zero-order valence-electron chi connectivity index (χ0n) is 11.2. The molecule has 0 amide bonds. The van der Waals surface area contributed by atoms with Crippen molar-refractivity contribution >= 4 is 5.97 Å². The molecule has 1 aromatic carbocycles. The Morgan fingerprint density at radius 3 is 2.80 bits per heavy atom. The fraction of sp³-hybridized carbons (Fsp3) is 0.333. The molecule has 20 heavy (non-hydrogen) atoms. The van der Waals surface area contributed by atoms with E-state index in [-0.39, 0.29) is 5.69 Å². The first kappa shape index (κ1) is 12.9. The van der Waals surface area contributed by atoms with Crippen molar-refractivity contribution in [3.8, 4) is 11.3 Å². The number of aromatic amines is 1. The number of carboxylic acid groups (broad SMARTS) is 1. The smallest absolute Gasteiger partial charge is 0.353 e. The third-order valence-corrected chi connectivity index (χ3v) is 3.64. The van der Waals surface area contributed by atoms with Crippen LogP contribution >= 0.6 is 0 Å². The van der Waals surface area contributed by atoms with Gasteiger partial charge in [-0.2, -0.15) is 5.10 Å². The van der Waals surface area contributed by atoms with Crippen molar-refractivity contribution in [3.05, 3.63) is 41.6 Å². The molecule has 3 rings (SSSR count). The van der Waals surface area contributed by atoms with Gasteiger partial charge >= 0.3 is 5.97 Å². The summed E-state index contributed by atoms with van der Waals surface area (Å²) in [5.41, 5.74) is 2.98. The summed E-state index contributed by atoms with van der Waals surface area (Å²) < 4.78 is 0. The van der Waals surface area contributed by atoms with Crippen LogP contribution in [0.15, 0.2) is 30.3 Å². The highest BCUT2D eigenvalue weighted by Gasteiger charge is 2.13. The number of rotatable bonds is 4. The van der Waals surface area contributed by atoms with Crippen LogP contribution in [0.25, 0.3) is 11.3 Å². The molecule has 0 bridgehead atoms. The molecule has 0 atom stereocenters. The maximum atomic E-state index is 10.9. The average molecular weight is 271 g/mol. The standard InChI is InChI=1S/C15H17N3O2/c19-15(20)14-9-13(16-17-14)12-5-3-4-11(8-12)10-18-6-1-2-7-18/h3-5,8-9H,1-2,6-7,10H2,(H,16,17)(H,19,20). The van der Waals surface area contributed by atoms with E-state index in [9.17, 15) is 4.79 Å². The van der Waals surface area contributed by atoms with Gasteiger partial charge in [-0.1, -0.05) is 18.2 Å². The Labute approximate surface area is 117 Å². The van der Waals surface area contributed by atoms with Crippen LogP contribution in [0.2, 0.25) is 0 Å². The summed E-state index contributed by atoms with van der Waals surface area (Å²) >= 11 is 0. The van der Waals surface area contributed by atoms with E-state index in [1.807, 2.05) is 12.1 Å². The number of aromatic carboxylic acids is 1. The van der Waals surface area contributed by atoms with E-state index in [4.69, 9.17) is 5.11 Å². The van der Waals surface area contributed by atoms with E-state index in [1.54, 1.807) is 6.07 Å². The van der Waals surface area contributed by atoms with Gasteiger partial charge in [-0.15, -0.1) is 0 Å². The summed E-state index contributed by atoms with van der Waals surface area (Å²) in [5.74, 6) is -0.989. The summed E-state index contributed by atoms with van der Waals surface area (Å²) in [7, 11) is 0. The fourth-order valence-corrected chi connectivity index (χ4v) is 2.61.